The first kappa shape index (κ1) is 29.1. The largest absolute Gasteiger partial charge is 0.481 e. The van der Waals surface area contributed by atoms with E-state index in [1.54, 1.807) is 18.3 Å². The molecule has 2 aromatic rings. The summed E-state index contributed by atoms with van der Waals surface area (Å²) in [5.74, 6) is -0.509. The lowest BCUT2D eigenvalue weighted by atomic mass is 9.89. The molecule has 1 fully saturated rings. The number of alkyl halides is 1. The number of aliphatic imine (C=N–C) groups is 3. The van der Waals surface area contributed by atoms with Gasteiger partial charge in [-0.2, -0.15) is 0 Å². The number of carbonyl (C=O) groups is 1. The van der Waals surface area contributed by atoms with Gasteiger partial charge in [-0.05, 0) is 74.4 Å². The highest BCUT2D eigenvalue weighted by Crippen LogP contribution is 2.31. The Bertz CT molecular complexity index is 1260. The fraction of sp³-hybridized carbons (Fsp3) is 0.375. The maximum atomic E-state index is 13.1. The Morgan fingerprint density at radius 2 is 1.85 bits per heavy atom. The van der Waals surface area contributed by atoms with Crippen molar-refractivity contribution < 1.29 is 14.3 Å². The van der Waals surface area contributed by atoms with Gasteiger partial charge in [0.2, 0.25) is 5.96 Å². The van der Waals surface area contributed by atoms with E-state index in [2.05, 4.69) is 32.4 Å². The average molecular weight is 544 g/mol. The summed E-state index contributed by atoms with van der Waals surface area (Å²) in [6.45, 7) is 7.71. The molecule has 0 saturated carbocycles. The van der Waals surface area contributed by atoms with Crippen molar-refractivity contribution in [2.75, 3.05) is 26.3 Å². The number of likely N-dealkylation sites (tertiary alicyclic amines) is 1. The van der Waals surface area contributed by atoms with E-state index in [0.29, 0.717) is 24.7 Å². The van der Waals surface area contributed by atoms with Gasteiger partial charge >= 0.3 is 5.97 Å². The first-order valence-electron chi connectivity index (χ1n) is 13.9. The molecule has 0 bridgehead atoms. The summed E-state index contributed by atoms with van der Waals surface area (Å²) in [5, 5.41) is 9.91. The quantitative estimate of drug-likeness (QED) is 0.325. The third-order valence-electron chi connectivity index (χ3n) is 7.49. The maximum absolute atomic E-state index is 13.1. The summed E-state index contributed by atoms with van der Waals surface area (Å²) in [4.78, 5) is 30.2. The molecule has 1 atom stereocenters. The van der Waals surface area contributed by atoms with Crippen molar-refractivity contribution in [3.05, 3.63) is 95.8 Å². The summed E-state index contributed by atoms with van der Waals surface area (Å²) in [6, 6.07) is 16.9. The van der Waals surface area contributed by atoms with Crippen LogP contribution in [0.5, 0.6) is 0 Å². The summed E-state index contributed by atoms with van der Waals surface area (Å²) in [6.07, 6.45) is 9.13. The fourth-order valence-corrected chi connectivity index (χ4v) is 5.44. The molecule has 0 aromatic heterocycles. The Labute approximate surface area is 236 Å². The summed E-state index contributed by atoms with van der Waals surface area (Å²) >= 11 is 0. The lowest BCUT2D eigenvalue weighted by Crippen LogP contribution is -2.38. The molecule has 2 aromatic carbocycles. The number of guanidine groups is 1. The Kier molecular flexibility index (Phi) is 10.5. The second-order valence-corrected chi connectivity index (χ2v) is 10.1. The van der Waals surface area contributed by atoms with Gasteiger partial charge in [-0.15, -0.1) is 0 Å². The topological polar surface area (TPSA) is 80.9 Å². The number of carboxylic acid groups (broad SMARTS) is 1. The highest BCUT2D eigenvalue weighted by molar-refractivity contribution is 6.10. The third kappa shape index (κ3) is 7.39. The molecule has 4 rings (SSSR count). The predicted molar refractivity (Wildman–Crippen MR) is 160 cm³/mol. The fourth-order valence-electron chi connectivity index (χ4n) is 5.44. The first-order chi connectivity index (χ1) is 19.5. The highest BCUT2D eigenvalue weighted by atomic mass is 19.1. The van der Waals surface area contributed by atoms with Crippen LogP contribution in [0.3, 0.4) is 0 Å². The molecule has 0 radical (unpaired) electrons. The second-order valence-electron chi connectivity index (χ2n) is 10.1. The maximum Gasteiger partial charge on any atom is 0.312 e. The number of hydrogen-bond acceptors (Lipinski definition) is 4. The number of rotatable bonds is 8. The van der Waals surface area contributed by atoms with Gasteiger partial charge < -0.3 is 10.0 Å². The van der Waals surface area contributed by atoms with Crippen molar-refractivity contribution in [2.45, 2.75) is 45.2 Å². The predicted octanol–water partition coefficient (Wildman–Crippen LogP) is 6.05. The van der Waals surface area contributed by atoms with Gasteiger partial charge in [-0.25, -0.2) is 14.4 Å². The number of aliphatic carboxylic acids is 1. The number of allylic oxidation sites excluding steroid dienone is 2. The lowest BCUT2D eigenvalue weighted by Gasteiger charge is -2.36. The van der Waals surface area contributed by atoms with E-state index in [9.17, 15) is 14.3 Å². The van der Waals surface area contributed by atoms with Gasteiger partial charge in [-0.1, -0.05) is 61.2 Å². The molecular weight excluding hydrogens is 505 g/mol. The summed E-state index contributed by atoms with van der Waals surface area (Å²) in [7, 11) is 0. The van der Waals surface area contributed by atoms with Gasteiger partial charge in [0.1, 0.15) is 13.3 Å². The van der Waals surface area contributed by atoms with E-state index < -0.39 is 18.6 Å². The molecule has 210 valence electrons. The highest BCUT2D eigenvalue weighted by Gasteiger charge is 2.29. The first-order valence-corrected chi connectivity index (χ1v) is 13.9. The lowest BCUT2D eigenvalue weighted by molar-refractivity contribution is -0.139. The van der Waals surface area contributed by atoms with E-state index in [4.69, 9.17) is 4.99 Å². The molecule has 0 amide bonds. The van der Waals surface area contributed by atoms with Crippen LogP contribution in [0.1, 0.15) is 55.2 Å². The standard InChI is InChI=1S/C32H38FN5O2/c1-3-34-32(35-4-2)38-23-36-29(26-16-14-24(21-33)15-17-26)20-30(38)27-12-8-18-37(19-9-13-27)22-28(31(39)40)25-10-6-5-7-11-25/h3-7,10-11,14-17,20,27-28H,1,8-9,12-13,18-19,21-23H2,2H3,(H,39,40)/b34-32?,35-4-. The van der Waals surface area contributed by atoms with Gasteiger partial charge in [0.15, 0.2) is 0 Å². The van der Waals surface area contributed by atoms with Crippen molar-refractivity contribution in [3.8, 4) is 0 Å². The normalized spacial score (nSPS) is 18.6. The van der Waals surface area contributed by atoms with E-state index in [-0.39, 0.29) is 5.92 Å². The van der Waals surface area contributed by atoms with Crippen LogP contribution in [0.15, 0.2) is 94.1 Å². The van der Waals surface area contributed by atoms with Gasteiger partial charge in [0.05, 0.1) is 11.6 Å². The monoisotopic (exact) mass is 543 g/mol. The molecule has 8 heteroatoms. The van der Waals surface area contributed by atoms with Gasteiger partial charge in [0.25, 0.3) is 0 Å². The van der Waals surface area contributed by atoms with Crippen LogP contribution < -0.4 is 0 Å². The van der Waals surface area contributed by atoms with E-state index in [1.807, 2.05) is 49.4 Å². The number of carboxylic acids is 1. The van der Waals surface area contributed by atoms with Crippen LogP contribution in [0.25, 0.3) is 0 Å². The molecule has 40 heavy (non-hydrogen) atoms. The van der Waals surface area contributed by atoms with Crippen LogP contribution in [0.2, 0.25) is 0 Å². The average Bonchev–Trinajstić information content (AvgIpc) is 2.97. The molecular formula is C32H38FN5O2. The van der Waals surface area contributed by atoms with E-state index in [1.165, 1.54) is 6.20 Å². The van der Waals surface area contributed by atoms with Crippen molar-refractivity contribution in [2.24, 2.45) is 20.9 Å². The SMILES string of the molecule is C=CN=C(/N=C\C)N1CN=C(c2ccc(CF)cc2)C=C1C1CCCN(CC(C(=O)O)c2ccccc2)CCC1. The smallest absolute Gasteiger partial charge is 0.312 e. The van der Waals surface area contributed by atoms with Crippen LogP contribution in [-0.4, -0.2) is 65.1 Å². The van der Waals surface area contributed by atoms with Gasteiger partial charge in [-0.3, -0.25) is 14.7 Å². The Balaban J connectivity index is 1.53. The number of nitrogens with zero attached hydrogens (tertiary/aromatic N) is 5. The molecule has 2 heterocycles. The van der Waals surface area contributed by atoms with Crippen molar-refractivity contribution in [1.82, 2.24) is 9.80 Å². The van der Waals surface area contributed by atoms with Gasteiger partial charge in [0, 0.05) is 24.7 Å². The Morgan fingerprint density at radius 1 is 1.15 bits per heavy atom. The minimum atomic E-state index is -0.786. The summed E-state index contributed by atoms with van der Waals surface area (Å²) < 4.78 is 13.1. The zero-order chi connectivity index (χ0) is 28.3. The van der Waals surface area contributed by atoms with Crippen LogP contribution >= 0.6 is 0 Å². The minimum absolute atomic E-state index is 0.268. The van der Waals surface area contributed by atoms with Crippen LogP contribution in [0, 0.1) is 5.92 Å². The van der Waals surface area contributed by atoms with Crippen molar-refractivity contribution in [3.63, 3.8) is 0 Å². The molecule has 2 aliphatic heterocycles. The van der Waals surface area contributed by atoms with E-state index >= 15 is 0 Å². The molecule has 7 nitrogen and oxygen atoms in total. The molecule has 0 spiro atoms. The minimum Gasteiger partial charge on any atom is -0.481 e. The third-order valence-corrected chi connectivity index (χ3v) is 7.49. The zero-order valence-electron chi connectivity index (χ0n) is 23.1. The van der Waals surface area contributed by atoms with Crippen LogP contribution in [-0.2, 0) is 11.5 Å². The molecule has 1 unspecified atom stereocenters. The number of halogens is 1. The Hall–Kier alpha value is -3.91. The summed E-state index contributed by atoms with van der Waals surface area (Å²) in [5.41, 5.74) is 4.42. The number of hydrogen-bond donors (Lipinski definition) is 1. The van der Waals surface area contributed by atoms with Crippen molar-refractivity contribution in [1.29, 1.82) is 0 Å². The molecule has 2 aliphatic rings. The van der Waals surface area contributed by atoms with Crippen molar-refractivity contribution >= 4 is 23.9 Å². The second kappa shape index (κ2) is 14.5. The molecule has 0 aliphatic carbocycles. The molecule has 1 N–H and O–H groups in total. The molecule has 1 saturated heterocycles. The number of benzene rings is 2. The van der Waals surface area contributed by atoms with Crippen LogP contribution in [0.4, 0.5) is 4.39 Å². The van der Waals surface area contributed by atoms with E-state index in [0.717, 1.165) is 61.3 Å². The Morgan fingerprint density at radius 3 is 2.45 bits per heavy atom. The zero-order valence-corrected chi connectivity index (χ0v) is 23.1.